The molecule has 1 rings (SSSR count). The van der Waals surface area contributed by atoms with E-state index in [0.29, 0.717) is 11.1 Å². The largest absolute Gasteiger partial charge is 0.188 e. The Morgan fingerprint density at radius 2 is 1.00 bits per heavy atom. The number of rotatable bonds is 0. The molecule has 1 aromatic rings. The lowest BCUT2D eigenvalue weighted by atomic mass is 11.3. The molecule has 0 aliphatic heterocycles. The van der Waals surface area contributed by atoms with Crippen LogP contribution in [0.25, 0.3) is 0 Å². The van der Waals surface area contributed by atoms with Gasteiger partial charge < -0.3 is 0 Å². The minimum atomic E-state index is 0.510. The first kappa shape index (κ1) is 5.93. The first-order valence-electron chi connectivity index (χ1n) is 1.87. The third-order valence-electron chi connectivity index (χ3n) is 0.510. The van der Waals surface area contributed by atoms with Gasteiger partial charge in [-0.15, -0.1) is 20.4 Å². The minimum Gasteiger partial charge on any atom is -0.127 e. The molecule has 0 spiro atoms. The summed E-state index contributed by atoms with van der Waals surface area (Å²) in [5.41, 5.74) is 1.02. The van der Waals surface area contributed by atoms with Gasteiger partial charge in [-0.1, -0.05) is 18.5 Å². The lowest BCUT2D eigenvalue weighted by Crippen LogP contribution is -2.17. The summed E-state index contributed by atoms with van der Waals surface area (Å²) in [6.45, 7) is 0. The molecule has 0 aliphatic rings. The Balaban J connectivity index is 3.03. The lowest BCUT2D eigenvalue weighted by molar-refractivity contribution is 0.933. The molecule has 4 nitrogen and oxygen atoms in total. The van der Waals surface area contributed by atoms with Crippen molar-refractivity contribution < 1.29 is 0 Å². The summed E-state index contributed by atoms with van der Waals surface area (Å²) < 4.78 is 0. The summed E-state index contributed by atoms with van der Waals surface area (Å²) >= 11 is 0. The second-order valence-corrected chi connectivity index (χ2v) is 2.15. The van der Waals surface area contributed by atoms with Crippen LogP contribution in [0.2, 0.25) is 0 Å². The average molecular weight is 146 g/mol. The van der Waals surface area contributed by atoms with E-state index in [1.807, 2.05) is 0 Å². The fraction of sp³-hybridized carbons (Fsp3) is 0. The van der Waals surface area contributed by atoms with Crippen molar-refractivity contribution in [1.82, 2.24) is 20.4 Å². The van der Waals surface area contributed by atoms with E-state index in [2.05, 4.69) is 38.9 Å². The molecule has 6 heteroatoms. The molecule has 2 atom stereocenters. The van der Waals surface area contributed by atoms with Gasteiger partial charge in [0.05, 0.1) is 0 Å². The predicted octanol–water partition coefficient (Wildman–Crippen LogP) is -1.73. The topological polar surface area (TPSA) is 51.6 Å². The highest BCUT2D eigenvalue weighted by Gasteiger charge is 1.86. The lowest BCUT2D eigenvalue weighted by Gasteiger charge is -1.85. The maximum atomic E-state index is 3.60. The molecule has 0 aliphatic carbocycles. The minimum absolute atomic E-state index is 0.510. The summed E-state index contributed by atoms with van der Waals surface area (Å²) in [5.74, 6) is 0. The third kappa shape index (κ3) is 1.39. The van der Waals surface area contributed by atoms with Crippen molar-refractivity contribution in [3.63, 3.8) is 0 Å². The summed E-state index contributed by atoms with van der Waals surface area (Å²) in [6.07, 6.45) is 0. The Morgan fingerprint density at radius 1 is 0.750 bits per heavy atom. The Bertz CT molecular complexity index is 151. The molecule has 0 fully saturated rings. The van der Waals surface area contributed by atoms with Gasteiger partial charge in [-0.05, 0) is 0 Å². The van der Waals surface area contributed by atoms with Crippen LogP contribution in [0.5, 0.6) is 0 Å². The first-order chi connectivity index (χ1) is 3.79. The SMILES string of the molecule is Pc1nnc(P)nn1. The summed E-state index contributed by atoms with van der Waals surface area (Å²) in [6, 6.07) is 0. The van der Waals surface area contributed by atoms with Gasteiger partial charge in [0.15, 0.2) is 11.1 Å². The van der Waals surface area contributed by atoms with E-state index in [1.165, 1.54) is 0 Å². The molecule has 42 valence electrons. The fourth-order valence-corrected chi connectivity index (χ4v) is 0.476. The van der Waals surface area contributed by atoms with E-state index in [9.17, 15) is 0 Å². The van der Waals surface area contributed by atoms with Crippen LogP contribution in [0, 0.1) is 0 Å². The standard InChI is InChI=1S/C2H4N4P2/c7-1-3-5-2(8)6-4-1/h7-8H2. The van der Waals surface area contributed by atoms with Crippen LogP contribution < -0.4 is 11.1 Å². The van der Waals surface area contributed by atoms with Crippen molar-refractivity contribution in [3.8, 4) is 0 Å². The maximum absolute atomic E-state index is 3.60. The fourth-order valence-electron chi connectivity index (χ4n) is 0.245. The summed E-state index contributed by atoms with van der Waals surface area (Å²) in [4.78, 5) is 0. The number of hydrogen-bond donors (Lipinski definition) is 0. The van der Waals surface area contributed by atoms with Crippen molar-refractivity contribution in [2.24, 2.45) is 0 Å². The van der Waals surface area contributed by atoms with Gasteiger partial charge in [0.2, 0.25) is 0 Å². The summed E-state index contributed by atoms with van der Waals surface area (Å²) in [5, 5.41) is 14.4. The van der Waals surface area contributed by atoms with Crippen LogP contribution in [0.4, 0.5) is 0 Å². The van der Waals surface area contributed by atoms with E-state index in [0.717, 1.165) is 0 Å². The summed E-state index contributed by atoms with van der Waals surface area (Å²) in [7, 11) is 4.59. The van der Waals surface area contributed by atoms with Gasteiger partial charge in [0, 0.05) is 0 Å². The van der Waals surface area contributed by atoms with E-state index in [1.54, 1.807) is 0 Å². The molecule has 0 N–H and O–H groups in total. The second kappa shape index (κ2) is 2.38. The monoisotopic (exact) mass is 146 g/mol. The zero-order chi connectivity index (χ0) is 5.98. The molecule has 2 unspecified atom stereocenters. The molecule has 1 aromatic heterocycles. The van der Waals surface area contributed by atoms with Crippen molar-refractivity contribution in [1.29, 1.82) is 0 Å². The van der Waals surface area contributed by atoms with E-state index < -0.39 is 0 Å². The quantitative estimate of drug-likeness (QED) is 0.408. The van der Waals surface area contributed by atoms with E-state index in [4.69, 9.17) is 0 Å². The molecule has 0 saturated heterocycles. The van der Waals surface area contributed by atoms with Crippen LogP contribution in [0.1, 0.15) is 0 Å². The first-order valence-corrected chi connectivity index (χ1v) is 3.03. The molecule has 0 saturated carbocycles. The Morgan fingerprint density at radius 3 is 1.25 bits per heavy atom. The van der Waals surface area contributed by atoms with Crippen LogP contribution in [-0.4, -0.2) is 20.4 Å². The molecule has 0 bridgehead atoms. The molecule has 0 amide bonds. The predicted molar refractivity (Wildman–Crippen MR) is 36.3 cm³/mol. The molecular formula is C2H4N4P2. The van der Waals surface area contributed by atoms with Gasteiger partial charge in [-0.2, -0.15) is 0 Å². The zero-order valence-corrected chi connectivity index (χ0v) is 6.25. The smallest absolute Gasteiger partial charge is 0.127 e. The van der Waals surface area contributed by atoms with Crippen molar-refractivity contribution in [3.05, 3.63) is 0 Å². The highest BCUT2D eigenvalue weighted by Crippen LogP contribution is 1.72. The Kier molecular flexibility index (Phi) is 1.77. The van der Waals surface area contributed by atoms with Crippen molar-refractivity contribution >= 4 is 29.6 Å². The highest BCUT2D eigenvalue weighted by molar-refractivity contribution is 7.27. The van der Waals surface area contributed by atoms with Gasteiger partial charge in [0.1, 0.15) is 0 Å². The maximum Gasteiger partial charge on any atom is 0.188 e. The molecular weight excluding hydrogens is 142 g/mol. The number of hydrogen-bond acceptors (Lipinski definition) is 4. The Labute approximate surface area is 50.9 Å². The number of nitrogens with zero attached hydrogens (tertiary/aromatic N) is 4. The van der Waals surface area contributed by atoms with Crippen LogP contribution in [0.15, 0.2) is 0 Å². The van der Waals surface area contributed by atoms with Gasteiger partial charge in [0.25, 0.3) is 0 Å². The number of aromatic nitrogens is 4. The van der Waals surface area contributed by atoms with Crippen LogP contribution in [-0.2, 0) is 0 Å². The van der Waals surface area contributed by atoms with Crippen LogP contribution >= 0.6 is 18.5 Å². The average Bonchev–Trinajstić information content (AvgIpc) is 1.77. The van der Waals surface area contributed by atoms with Crippen molar-refractivity contribution in [2.45, 2.75) is 0 Å². The second-order valence-electron chi connectivity index (χ2n) is 1.12. The normalized spacial score (nSPS) is 9.25. The third-order valence-corrected chi connectivity index (χ3v) is 0.972. The zero-order valence-electron chi connectivity index (χ0n) is 3.94. The molecule has 8 heavy (non-hydrogen) atoms. The van der Waals surface area contributed by atoms with E-state index in [-0.39, 0.29) is 0 Å². The van der Waals surface area contributed by atoms with E-state index >= 15 is 0 Å². The van der Waals surface area contributed by atoms with Crippen LogP contribution in [0.3, 0.4) is 0 Å². The van der Waals surface area contributed by atoms with Gasteiger partial charge >= 0.3 is 0 Å². The highest BCUT2D eigenvalue weighted by atomic mass is 31.0. The van der Waals surface area contributed by atoms with Gasteiger partial charge in [-0.25, -0.2) is 0 Å². The Hall–Kier alpha value is -0.200. The van der Waals surface area contributed by atoms with Crippen molar-refractivity contribution in [2.75, 3.05) is 0 Å². The molecule has 0 aromatic carbocycles. The molecule has 0 radical (unpaired) electrons. The molecule has 1 heterocycles. The van der Waals surface area contributed by atoms with Gasteiger partial charge in [-0.3, -0.25) is 0 Å².